The quantitative estimate of drug-likeness (QED) is 0.269. The van der Waals surface area contributed by atoms with Crippen LogP contribution in [0.1, 0.15) is 37.8 Å². The van der Waals surface area contributed by atoms with E-state index in [2.05, 4.69) is 74.5 Å². The fourth-order valence-corrected chi connectivity index (χ4v) is 3.02. The van der Waals surface area contributed by atoms with Gasteiger partial charge in [-0.15, -0.1) is 30.4 Å². The molecule has 0 aliphatic heterocycles. The summed E-state index contributed by atoms with van der Waals surface area (Å²) in [5.74, 6) is 0.611. The molecular weight excluding hydrogens is 478 g/mol. The van der Waals surface area contributed by atoms with Crippen LogP contribution in [0.25, 0.3) is 11.1 Å². The van der Waals surface area contributed by atoms with Crippen molar-refractivity contribution in [3.8, 4) is 11.1 Å². The second kappa shape index (κ2) is 17.5. The Bertz CT molecular complexity index is 697. The summed E-state index contributed by atoms with van der Waals surface area (Å²) in [6, 6.07) is 18.1. The molecule has 0 spiro atoms. The van der Waals surface area contributed by atoms with Gasteiger partial charge in [-0.1, -0.05) is 68.0 Å². The molecule has 0 saturated heterocycles. The Morgan fingerprint density at radius 1 is 1.00 bits per heavy atom. The first-order valence-electron chi connectivity index (χ1n) is 8.55. The number of allylic oxidation sites excluding steroid dienone is 4. The summed E-state index contributed by atoms with van der Waals surface area (Å²) in [7, 11) is 0. The molecule has 0 N–H and O–H groups in total. The Balaban J connectivity index is -0.000000378. The standard InChI is InChI=1S/C13H9.C9H13.2CH3.2ClH.H2Si.Zr/c1-3-7-12-10(5-1)9-11-6-2-4-8-13(11)12;1-3-8-5-6-9(4-2)7-8;;;;;;/h1-5,7-8H,9H2;5-6,8H,3-4H2,1-2H3;2*1H3;2*1H;1H2;/q4*-1;;;;. The van der Waals surface area contributed by atoms with Crippen LogP contribution in [-0.4, -0.2) is 6.88 Å². The maximum atomic E-state index is 3.40. The Labute approximate surface area is 202 Å². The molecule has 2 aromatic carbocycles. The number of fused-ring (bicyclic) bond motifs is 3. The van der Waals surface area contributed by atoms with E-state index in [4.69, 9.17) is 0 Å². The minimum atomic E-state index is 0. The molecule has 0 heterocycles. The average Bonchev–Trinajstić information content (AvgIpc) is 3.28. The zero-order valence-corrected chi connectivity index (χ0v) is 22.9. The van der Waals surface area contributed by atoms with Crippen molar-refractivity contribution < 1.29 is 23.3 Å². The molecule has 0 saturated carbocycles. The molecule has 2 aliphatic rings. The van der Waals surface area contributed by atoms with Crippen LogP contribution in [0.2, 0.25) is 0 Å². The molecule has 0 radical (unpaired) electrons. The van der Waals surface area contributed by atoms with E-state index in [1.807, 2.05) is 12.9 Å². The molecule has 0 amide bonds. The predicted octanol–water partition coefficient (Wildman–Crippen LogP) is 6.61. The van der Waals surface area contributed by atoms with Crippen LogP contribution in [-0.2, 0) is 29.8 Å². The maximum Gasteiger partial charge on any atom is -0.0253 e. The third-order valence-corrected chi connectivity index (χ3v) is 4.34. The largest absolute Gasteiger partial charge is 0.179 e. The van der Waals surface area contributed by atoms with Gasteiger partial charge < -0.3 is 14.9 Å². The van der Waals surface area contributed by atoms with Crippen molar-refractivity contribution in [3.05, 3.63) is 98.3 Å². The van der Waals surface area contributed by atoms with E-state index < -0.39 is 0 Å². The zero-order valence-electron chi connectivity index (χ0n) is 17.4. The number of rotatable bonds is 2. The molecule has 4 heteroatoms. The summed E-state index contributed by atoms with van der Waals surface area (Å²) < 4.78 is 0. The Kier molecular flexibility index (Phi) is 20.1. The van der Waals surface area contributed by atoms with Gasteiger partial charge in [0.2, 0.25) is 0 Å². The number of benzene rings is 2. The van der Waals surface area contributed by atoms with E-state index in [9.17, 15) is 0 Å². The van der Waals surface area contributed by atoms with Crippen molar-refractivity contribution in [1.82, 2.24) is 0 Å². The predicted molar refractivity (Wildman–Crippen MR) is 129 cm³/mol. The van der Waals surface area contributed by atoms with Crippen LogP contribution in [0.5, 0.6) is 0 Å². The van der Waals surface area contributed by atoms with E-state index in [-0.39, 0.29) is 39.7 Å². The minimum absolute atomic E-state index is 0. The van der Waals surface area contributed by atoms with E-state index in [1.165, 1.54) is 34.2 Å². The Morgan fingerprint density at radius 3 is 2.21 bits per heavy atom. The van der Waals surface area contributed by atoms with Gasteiger partial charge in [-0.3, -0.25) is 6.08 Å². The summed E-state index contributed by atoms with van der Waals surface area (Å²) in [5.41, 5.74) is 6.89. The smallest absolute Gasteiger partial charge is 0.0253 e. The van der Waals surface area contributed by atoms with E-state index in [0.717, 1.165) is 12.8 Å². The van der Waals surface area contributed by atoms with Crippen molar-refractivity contribution in [2.45, 2.75) is 33.1 Å². The third kappa shape index (κ3) is 8.54. The van der Waals surface area contributed by atoms with Crippen LogP contribution in [0.4, 0.5) is 0 Å². The van der Waals surface area contributed by atoms with Crippen LogP contribution in [0.3, 0.4) is 0 Å². The molecule has 1 atom stereocenters. The first-order valence-corrected chi connectivity index (χ1v) is 14.5. The van der Waals surface area contributed by atoms with Gasteiger partial charge in [0.15, 0.2) is 0 Å². The molecule has 0 bridgehead atoms. The summed E-state index contributed by atoms with van der Waals surface area (Å²) in [4.78, 5) is 0. The molecule has 28 heavy (non-hydrogen) atoms. The summed E-state index contributed by atoms with van der Waals surface area (Å²) >= 11 is 1.58. The van der Waals surface area contributed by atoms with Gasteiger partial charge in [0.05, 0.1) is 0 Å². The van der Waals surface area contributed by atoms with Crippen LogP contribution in [0.15, 0.2) is 60.2 Å². The summed E-state index contributed by atoms with van der Waals surface area (Å²) in [5, 5.41) is 0. The van der Waals surface area contributed by atoms with Crippen LogP contribution < -0.4 is 0 Å². The van der Waals surface area contributed by atoms with Gasteiger partial charge in [-0.2, -0.15) is 35.9 Å². The SMILES string of the molecule is CCC1=[C-]C(CC)C=C1.Cl.Cl.[CH3-].[CH3-].[SiH2]=[Zr].[c-]1cccc2c1Cc1ccccc1-2. The average molecular weight is 511 g/mol. The molecule has 0 aromatic heterocycles. The summed E-state index contributed by atoms with van der Waals surface area (Å²) in [6.45, 7) is 6.32. The molecule has 0 nitrogen and oxygen atoms in total. The minimum Gasteiger partial charge on any atom is -0.179 e. The van der Waals surface area contributed by atoms with E-state index in [0.29, 0.717) is 5.92 Å². The third-order valence-electron chi connectivity index (χ3n) is 4.34. The fourth-order valence-electron chi connectivity index (χ4n) is 3.02. The topological polar surface area (TPSA) is 0 Å². The van der Waals surface area contributed by atoms with E-state index >= 15 is 0 Å². The molecule has 2 aliphatic carbocycles. The maximum absolute atomic E-state index is 3.40. The zero-order chi connectivity index (χ0) is 17.4. The number of halogens is 2. The van der Waals surface area contributed by atoms with Crippen molar-refractivity contribution in [3.63, 3.8) is 0 Å². The Hall–Kier alpha value is -0.400. The van der Waals surface area contributed by atoms with Gasteiger partial charge in [0, 0.05) is 0 Å². The molecule has 4 rings (SSSR count). The number of hydrogen-bond acceptors (Lipinski definition) is 0. The van der Waals surface area contributed by atoms with Crippen molar-refractivity contribution in [1.29, 1.82) is 0 Å². The molecule has 154 valence electrons. The molecular formula is C24H32Cl2SiZr-4. The second-order valence-electron chi connectivity index (χ2n) is 5.79. The van der Waals surface area contributed by atoms with Gasteiger partial charge >= 0.3 is 30.2 Å². The second-order valence-corrected chi connectivity index (χ2v) is 5.79. The Morgan fingerprint density at radius 2 is 1.64 bits per heavy atom. The van der Waals surface area contributed by atoms with Crippen molar-refractivity contribution >= 4 is 31.7 Å². The van der Waals surface area contributed by atoms with Gasteiger partial charge in [-0.25, -0.2) is 11.6 Å². The molecule has 0 fully saturated rings. The van der Waals surface area contributed by atoms with Crippen LogP contribution in [0, 0.1) is 32.9 Å². The first kappa shape index (κ1) is 32.3. The van der Waals surface area contributed by atoms with Gasteiger partial charge in [0.1, 0.15) is 0 Å². The normalized spacial score (nSPS) is 13.8. The molecule has 1 unspecified atom stereocenters. The number of hydrogen-bond donors (Lipinski definition) is 0. The first-order chi connectivity index (χ1) is 11.8. The monoisotopic (exact) mass is 508 g/mol. The van der Waals surface area contributed by atoms with Crippen molar-refractivity contribution in [2.24, 2.45) is 5.92 Å². The fraction of sp³-hybridized carbons (Fsp3) is 0.250. The van der Waals surface area contributed by atoms with E-state index in [1.54, 1.807) is 23.3 Å². The summed E-state index contributed by atoms with van der Waals surface area (Å²) in [6.07, 6.45) is 11.2. The van der Waals surface area contributed by atoms with Crippen LogP contribution >= 0.6 is 24.8 Å². The van der Waals surface area contributed by atoms with Gasteiger partial charge in [-0.05, 0) is 6.42 Å². The van der Waals surface area contributed by atoms with Gasteiger partial charge in [0.25, 0.3) is 0 Å². The van der Waals surface area contributed by atoms with Crippen molar-refractivity contribution in [2.75, 3.05) is 0 Å². The molecule has 2 aromatic rings.